The van der Waals surface area contributed by atoms with Gasteiger partial charge in [0.2, 0.25) is 5.91 Å². The van der Waals surface area contributed by atoms with E-state index in [-0.39, 0.29) is 5.91 Å². The second-order valence-electron chi connectivity index (χ2n) is 3.44. The Balaban J connectivity index is 2.04. The molecule has 14 heavy (non-hydrogen) atoms. The van der Waals surface area contributed by atoms with Crippen LogP contribution < -0.4 is 5.32 Å². The highest BCUT2D eigenvalue weighted by molar-refractivity contribution is 5.76. The number of carbonyl (C=O) groups excluding carboxylic acids is 1. The number of nitrogens with one attached hydrogen (secondary N) is 1. The van der Waals surface area contributed by atoms with Crippen LogP contribution in [0.1, 0.15) is 26.2 Å². The van der Waals surface area contributed by atoms with E-state index < -0.39 is 0 Å². The van der Waals surface area contributed by atoms with Gasteiger partial charge >= 0.3 is 0 Å². The summed E-state index contributed by atoms with van der Waals surface area (Å²) in [5.74, 6) is 5.99. The van der Waals surface area contributed by atoms with E-state index in [1.165, 1.54) is 12.8 Å². The lowest BCUT2D eigenvalue weighted by molar-refractivity contribution is -0.130. The monoisotopic (exact) mass is 194 g/mol. The quantitative estimate of drug-likeness (QED) is 0.525. The zero-order valence-corrected chi connectivity index (χ0v) is 8.81. The van der Waals surface area contributed by atoms with Crippen molar-refractivity contribution in [2.75, 3.05) is 26.2 Å². The molecule has 1 heterocycles. The molecular formula is C11H18N2O. The highest BCUT2D eigenvalue weighted by Crippen LogP contribution is 2.08. The van der Waals surface area contributed by atoms with Gasteiger partial charge in [-0.25, -0.2) is 0 Å². The maximum atomic E-state index is 11.5. The van der Waals surface area contributed by atoms with E-state index in [0.717, 1.165) is 19.6 Å². The Morgan fingerprint density at radius 3 is 2.79 bits per heavy atom. The van der Waals surface area contributed by atoms with Crippen LogP contribution in [0, 0.1) is 11.8 Å². The fourth-order valence-electron chi connectivity index (χ4n) is 1.56. The molecule has 0 radical (unpaired) electrons. The van der Waals surface area contributed by atoms with Crippen molar-refractivity contribution in [3.8, 4) is 11.8 Å². The molecule has 3 nitrogen and oxygen atoms in total. The summed E-state index contributed by atoms with van der Waals surface area (Å²) in [7, 11) is 0. The summed E-state index contributed by atoms with van der Waals surface area (Å²) in [4.78, 5) is 13.5. The van der Waals surface area contributed by atoms with Gasteiger partial charge in [0, 0.05) is 26.1 Å². The minimum Gasteiger partial charge on any atom is -0.343 e. The fourth-order valence-corrected chi connectivity index (χ4v) is 1.56. The second kappa shape index (κ2) is 6.44. The van der Waals surface area contributed by atoms with Crippen LogP contribution in [0.3, 0.4) is 0 Å². The Morgan fingerprint density at radius 2 is 2.14 bits per heavy atom. The zero-order chi connectivity index (χ0) is 10.2. The Labute approximate surface area is 85.9 Å². The first-order chi connectivity index (χ1) is 6.84. The van der Waals surface area contributed by atoms with Crippen molar-refractivity contribution in [2.24, 2.45) is 0 Å². The van der Waals surface area contributed by atoms with Crippen LogP contribution in [0.5, 0.6) is 0 Å². The SMILES string of the molecule is CC#CCNCCC(=O)N1CCCC1. The van der Waals surface area contributed by atoms with Gasteiger partial charge < -0.3 is 10.2 Å². The van der Waals surface area contributed by atoms with Gasteiger partial charge in [-0.3, -0.25) is 4.79 Å². The molecule has 0 aliphatic carbocycles. The van der Waals surface area contributed by atoms with Crippen LogP contribution in [0.2, 0.25) is 0 Å². The summed E-state index contributed by atoms with van der Waals surface area (Å²) in [6.07, 6.45) is 2.94. The van der Waals surface area contributed by atoms with Crippen molar-refractivity contribution in [1.82, 2.24) is 10.2 Å². The Kier molecular flexibility index (Phi) is 5.09. The van der Waals surface area contributed by atoms with Crippen LogP contribution in [0.4, 0.5) is 0 Å². The van der Waals surface area contributed by atoms with Gasteiger partial charge in [-0.1, -0.05) is 5.92 Å². The van der Waals surface area contributed by atoms with Crippen LogP contribution in [0.15, 0.2) is 0 Å². The molecule has 1 saturated heterocycles. The average Bonchev–Trinajstić information content (AvgIpc) is 2.70. The molecule has 78 valence electrons. The third kappa shape index (κ3) is 3.80. The molecule has 1 amide bonds. The van der Waals surface area contributed by atoms with E-state index in [2.05, 4.69) is 17.2 Å². The van der Waals surface area contributed by atoms with E-state index in [0.29, 0.717) is 13.0 Å². The third-order valence-corrected chi connectivity index (χ3v) is 2.36. The molecule has 0 aromatic rings. The van der Waals surface area contributed by atoms with Crippen LogP contribution in [-0.4, -0.2) is 37.0 Å². The van der Waals surface area contributed by atoms with Gasteiger partial charge in [-0.05, 0) is 19.8 Å². The highest BCUT2D eigenvalue weighted by atomic mass is 16.2. The standard InChI is InChI=1S/C11H18N2O/c1-2-3-7-12-8-6-11(14)13-9-4-5-10-13/h12H,4-10H2,1H3. The average molecular weight is 194 g/mol. The zero-order valence-electron chi connectivity index (χ0n) is 8.81. The Morgan fingerprint density at radius 1 is 1.43 bits per heavy atom. The number of hydrogen-bond donors (Lipinski definition) is 1. The molecule has 1 aliphatic rings. The first kappa shape index (κ1) is 11.1. The molecule has 1 aliphatic heterocycles. The van der Waals surface area contributed by atoms with Crippen molar-refractivity contribution in [2.45, 2.75) is 26.2 Å². The van der Waals surface area contributed by atoms with E-state index in [1.807, 2.05) is 11.8 Å². The highest BCUT2D eigenvalue weighted by Gasteiger charge is 2.16. The molecule has 0 unspecified atom stereocenters. The minimum atomic E-state index is 0.277. The maximum absolute atomic E-state index is 11.5. The van der Waals surface area contributed by atoms with Gasteiger partial charge in [0.1, 0.15) is 0 Å². The minimum absolute atomic E-state index is 0.277. The Hall–Kier alpha value is -1.01. The molecule has 0 aromatic carbocycles. The second-order valence-corrected chi connectivity index (χ2v) is 3.44. The fraction of sp³-hybridized carbons (Fsp3) is 0.727. The molecule has 0 atom stereocenters. The van der Waals surface area contributed by atoms with Crippen LogP contribution in [0.25, 0.3) is 0 Å². The van der Waals surface area contributed by atoms with Crippen molar-refractivity contribution in [3.63, 3.8) is 0 Å². The molecule has 1 N–H and O–H groups in total. The van der Waals surface area contributed by atoms with Crippen molar-refractivity contribution >= 4 is 5.91 Å². The van der Waals surface area contributed by atoms with Crippen LogP contribution >= 0.6 is 0 Å². The van der Waals surface area contributed by atoms with E-state index >= 15 is 0 Å². The molecule has 0 aromatic heterocycles. The van der Waals surface area contributed by atoms with Gasteiger partial charge in [-0.2, -0.15) is 0 Å². The molecule has 1 fully saturated rings. The number of rotatable bonds is 4. The summed E-state index contributed by atoms with van der Waals surface area (Å²) in [6, 6.07) is 0. The number of nitrogens with zero attached hydrogens (tertiary/aromatic N) is 1. The summed E-state index contributed by atoms with van der Waals surface area (Å²) in [5, 5.41) is 3.12. The number of hydrogen-bond acceptors (Lipinski definition) is 2. The van der Waals surface area contributed by atoms with E-state index in [4.69, 9.17) is 0 Å². The van der Waals surface area contributed by atoms with Crippen molar-refractivity contribution < 1.29 is 4.79 Å². The molecule has 0 bridgehead atoms. The topological polar surface area (TPSA) is 32.3 Å². The third-order valence-electron chi connectivity index (χ3n) is 2.36. The summed E-state index contributed by atoms with van der Waals surface area (Å²) >= 11 is 0. The van der Waals surface area contributed by atoms with Gasteiger partial charge in [0.25, 0.3) is 0 Å². The summed E-state index contributed by atoms with van der Waals surface area (Å²) < 4.78 is 0. The van der Waals surface area contributed by atoms with Crippen molar-refractivity contribution in [1.29, 1.82) is 0 Å². The first-order valence-corrected chi connectivity index (χ1v) is 5.22. The summed E-state index contributed by atoms with van der Waals surface area (Å²) in [6.45, 7) is 5.14. The first-order valence-electron chi connectivity index (χ1n) is 5.22. The predicted molar refractivity (Wildman–Crippen MR) is 56.8 cm³/mol. The van der Waals surface area contributed by atoms with E-state index in [1.54, 1.807) is 0 Å². The summed E-state index contributed by atoms with van der Waals surface area (Å²) in [5.41, 5.74) is 0. The van der Waals surface area contributed by atoms with E-state index in [9.17, 15) is 4.79 Å². The predicted octanol–water partition coefficient (Wildman–Crippen LogP) is 0.612. The normalized spacial score (nSPS) is 15.1. The largest absolute Gasteiger partial charge is 0.343 e. The van der Waals surface area contributed by atoms with Crippen LogP contribution in [-0.2, 0) is 4.79 Å². The lowest BCUT2D eigenvalue weighted by Gasteiger charge is -2.14. The molecule has 1 rings (SSSR count). The smallest absolute Gasteiger partial charge is 0.223 e. The molecule has 0 spiro atoms. The van der Waals surface area contributed by atoms with Gasteiger partial charge in [0.05, 0.1) is 6.54 Å². The molecule has 3 heteroatoms. The number of carbonyl (C=O) groups is 1. The van der Waals surface area contributed by atoms with Gasteiger partial charge in [0.15, 0.2) is 0 Å². The lowest BCUT2D eigenvalue weighted by atomic mass is 10.3. The van der Waals surface area contributed by atoms with Crippen molar-refractivity contribution in [3.05, 3.63) is 0 Å². The maximum Gasteiger partial charge on any atom is 0.223 e. The molecule has 0 saturated carbocycles. The number of amides is 1. The van der Waals surface area contributed by atoms with Gasteiger partial charge in [-0.15, -0.1) is 5.92 Å². The Bertz CT molecular complexity index is 233. The number of likely N-dealkylation sites (tertiary alicyclic amines) is 1. The molecular weight excluding hydrogens is 176 g/mol. The lowest BCUT2D eigenvalue weighted by Crippen LogP contribution is -2.30.